The Bertz CT molecular complexity index is 424. The molecule has 1 amide bonds. The first kappa shape index (κ1) is 14.9. The van der Waals surface area contributed by atoms with Crippen LogP contribution in [0.4, 0.5) is 0 Å². The van der Waals surface area contributed by atoms with Crippen molar-refractivity contribution in [3.63, 3.8) is 0 Å². The van der Waals surface area contributed by atoms with E-state index in [4.69, 9.17) is 9.47 Å². The molecule has 1 aromatic carbocycles. The van der Waals surface area contributed by atoms with Crippen molar-refractivity contribution in [2.45, 2.75) is 26.2 Å². The van der Waals surface area contributed by atoms with E-state index < -0.39 is 0 Å². The highest BCUT2D eigenvalue weighted by molar-refractivity contribution is 5.77. The van der Waals surface area contributed by atoms with Gasteiger partial charge in [-0.15, -0.1) is 0 Å². The van der Waals surface area contributed by atoms with E-state index in [1.807, 2.05) is 12.1 Å². The Labute approximate surface area is 120 Å². The van der Waals surface area contributed by atoms with Crippen LogP contribution in [0.3, 0.4) is 0 Å². The molecule has 2 rings (SSSR count). The average molecular weight is 277 g/mol. The Morgan fingerprint density at radius 2 is 1.95 bits per heavy atom. The van der Waals surface area contributed by atoms with Gasteiger partial charge >= 0.3 is 0 Å². The van der Waals surface area contributed by atoms with Crippen LogP contribution in [0.5, 0.6) is 5.75 Å². The third kappa shape index (κ3) is 3.97. The average Bonchev–Trinajstić information content (AvgIpc) is 2.53. The minimum absolute atomic E-state index is 0.0271. The van der Waals surface area contributed by atoms with Crippen molar-refractivity contribution in [3.05, 3.63) is 29.8 Å². The summed E-state index contributed by atoms with van der Waals surface area (Å²) < 4.78 is 10.8. The Kier molecular flexibility index (Phi) is 5.41. The van der Waals surface area contributed by atoms with Crippen LogP contribution in [0.25, 0.3) is 0 Å². The third-order valence-corrected chi connectivity index (χ3v) is 3.79. The minimum atomic E-state index is 0.0271. The molecule has 1 fully saturated rings. The molecule has 4 heteroatoms. The van der Waals surface area contributed by atoms with Crippen LogP contribution < -0.4 is 4.74 Å². The van der Waals surface area contributed by atoms with Crippen molar-refractivity contribution in [3.8, 4) is 5.75 Å². The number of morpholine rings is 1. The van der Waals surface area contributed by atoms with E-state index in [9.17, 15) is 4.79 Å². The molecule has 0 spiro atoms. The number of benzene rings is 1. The molecule has 0 radical (unpaired) electrons. The molecule has 0 aromatic heterocycles. The number of ether oxygens (including phenoxy) is 2. The second-order valence-electron chi connectivity index (χ2n) is 5.16. The molecule has 110 valence electrons. The van der Waals surface area contributed by atoms with Gasteiger partial charge in [0, 0.05) is 13.1 Å². The van der Waals surface area contributed by atoms with Gasteiger partial charge in [0.25, 0.3) is 5.91 Å². The molecule has 1 aliphatic rings. The zero-order valence-electron chi connectivity index (χ0n) is 12.3. The van der Waals surface area contributed by atoms with Crippen molar-refractivity contribution < 1.29 is 14.3 Å². The predicted molar refractivity (Wildman–Crippen MR) is 78.0 cm³/mol. The lowest BCUT2D eigenvalue weighted by Crippen LogP contribution is -2.42. The summed E-state index contributed by atoms with van der Waals surface area (Å²) in [5, 5.41) is 0. The van der Waals surface area contributed by atoms with E-state index in [0.717, 1.165) is 12.2 Å². The first-order chi connectivity index (χ1) is 9.70. The maximum atomic E-state index is 11.9. The number of carbonyl (C=O) groups is 1. The van der Waals surface area contributed by atoms with Crippen LogP contribution in [0.15, 0.2) is 24.3 Å². The van der Waals surface area contributed by atoms with Crippen LogP contribution in [0.1, 0.15) is 31.7 Å². The molecule has 1 saturated heterocycles. The van der Waals surface area contributed by atoms with Gasteiger partial charge in [-0.3, -0.25) is 4.79 Å². The molecule has 4 nitrogen and oxygen atoms in total. The van der Waals surface area contributed by atoms with Crippen molar-refractivity contribution in [2.75, 3.05) is 32.9 Å². The van der Waals surface area contributed by atoms with Crippen LogP contribution in [0.2, 0.25) is 0 Å². The van der Waals surface area contributed by atoms with Gasteiger partial charge in [-0.25, -0.2) is 0 Å². The quantitative estimate of drug-likeness (QED) is 0.829. The molecular weight excluding hydrogens is 254 g/mol. The Hall–Kier alpha value is -1.55. The van der Waals surface area contributed by atoms with Crippen molar-refractivity contribution in [2.24, 2.45) is 0 Å². The summed E-state index contributed by atoms with van der Waals surface area (Å²) in [6.45, 7) is 7.05. The molecule has 1 aliphatic heterocycles. The summed E-state index contributed by atoms with van der Waals surface area (Å²) in [5.41, 5.74) is 1.30. The van der Waals surface area contributed by atoms with Gasteiger partial charge in [0.1, 0.15) is 5.75 Å². The van der Waals surface area contributed by atoms with Gasteiger partial charge in [-0.05, 0) is 30.0 Å². The lowest BCUT2D eigenvalue weighted by molar-refractivity contribution is -0.137. The molecule has 0 saturated carbocycles. The second kappa shape index (κ2) is 7.29. The number of nitrogens with zero attached hydrogens (tertiary/aromatic N) is 1. The molecule has 0 aliphatic carbocycles. The number of hydrogen-bond donors (Lipinski definition) is 0. The zero-order valence-corrected chi connectivity index (χ0v) is 12.3. The summed E-state index contributed by atoms with van der Waals surface area (Å²) in [4.78, 5) is 13.7. The minimum Gasteiger partial charge on any atom is -0.484 e. The van der Waals surface area contributed by atoms with E-state index in [-0.39, 0.29) is 12.5 Å². The van der Waals surface area contributed by atoms with Crippen molar-refractivity contribution in [1.82, 2.24) is 4.90 Å². The lowest BCUT2D eigenvalue weighted by atomic mass is 9.99. The highest BCUT2D eigenvalue weighted by Gasteiger charge is 2.17. The van der Waals surface area contributed by atoms with Gasteiger partial charge in [-0.2, -0.15) is 0 Å². The van der Waals surface area contributed by atoms with E-state index >= 15 is 0 Å². The number of carbonyl (C=O) groups excluding carboxylic acids is 1. The van der Waals surface area contributed by atoms with Crippen molar-refractivity contribution in [1.29, 1.82) is 0 Å². The predicted octanol–water partition coefficient (Wildman–Crippen LogP) is 2.44. The smallest absolute Gasteiger partial charge is 0.260 e. The van der Waals surface area contributed by atoms with E-state index in [1.165, 1.54) is 5.56 Å². The Morgan fingerprint density at radius 3 is 2.55 bits per heavy atom. The van der Waals surface area contributed by atoms with Crippen molar-refractivity contribution >= 4 is 5.91 Å². The monoisotopic (exact) mass is 277 g/mol. The number of rotatable bonds is 5. The van der Waals surface area contributed by atoms with Crippen LogP contribution in [-0.4, -0.2) is 43.7 Å². The number of hydrogen-bond acceptors (Lipinski definition) is 3. The maximum absolute atomic E-state index is 11.9. The molecule has 1 heterocycles. The summed E-state index contributed by atoms with van der Waals surface area (Å²) >= 11 is 0. The largest absolute Gasteiger partial charge is 0.484 e. The van der Waals surface area contributed by atoms with Gasteiger partial charge in [0.15, 0.2) is 6.61 Å². The molecule has 0 N–H and O–H groups in total. The Morgan fingerprint density at radius 1 is 1.30 bits per heavy atom. The van der Waals surface area contributed by atoms with Gasteiger partial charge < -0.3 is 14.4 Å². The van der Waals surface area contributed by atoms with Gasteiger partial charge in [0.05, 0.1) is 13.2 Å². The lowest BCUT2D eigenvalue weighted by Gasteiger charge is -2.26. The van der Waals surface area contributed by atoms with E-state index in [1.54, 1.807) is 4.90 Å². The topological polar surface area (TPSA) is 38.8 Å². The highest BCUT2D eigenvalue weighted by Crippen LogP contribution is 2.21. The first-order valence-corrected chi connectivity index (χ1v) is 7.29. The molecular formula is C16H23NO3. The third-order valence-electron chi connectivity index (χ3n) is 3.79. The molecule has 1 atom stereocenters. The normalized spacial score (nSPS) is 16.8. The summed E-state index contributed by atoms with van der Waals surface area (Å²) in [6.07, 6.45) is 1.12. The van der Waals surface area contributed by atoms with E-state index in [2.05, 4.69) is 26.0 Å². The molecule has 0 bridgehead atoms. The zero-order chi connectivity index (χ0) is 14.4. The van der Waals surface area contributed by atoms with Crippen LogP contribution in [0, 0.1) is 0 Å². The molecule has 1 unspecified atom stereocenters. The van der Waals surface area contributed by atoms with Gasteiger partial charge in [0.2, 0.25) is 0 Å². The highest BCUT2D eigenvalue weighted by atomic mass is 16.5. The van der Waals surface area contributed by atoms with E-state index in [0.29, 0.717) is 32.2 Å². The van der Waals surface area contributed by atoms with Gasteiger partial charge in [-0.1, -0.05) is 26.0 Å². The maximum Gasteiger partial charge on any atom is 0.260 e. The summed E-state index contributed by atoms with van der Waals surface area (Å²) in [7, 11) is 0. The number of amides is 1. The fourth-order valence-electron chi connectivity index (χ4n) is 2.18. The Balaban J connectivity index is 1.82. The summed E-state index contributed by atoms with van der Waals surface area (Å²) in [5.74, 6) is 1.33. The fourth-order valence-corrected chi connectivity index (χ4v) is 2.18. The van der Waals surface area contributed by atoms with Crippen LogP contribution >= 0.6 is 0 Å². The van der Waals surface area contributed by atoms with Crippen LogP contribution in [-0.2, 0) is 9.53 Å². The molecule has 1 aromatic rings. The fraction of sp³-hybridized carbons (Fsp3) is 0.562. The second-order valence-corrected chi connectivity index (χ2v) is 5.16. The SMILES string of the molecule is CCC(C)c1ccc(OCC(=O)N2CCOCC2)cc1. The first-order valence-electron chi connectivity index (χ1n) is 7.29. The molecule has 20 heavy (non-hydrogen) atoms. The standard InChI is InChI=1S/C16H23NO3/c1-3-13(2)14-4-6-15(7-5-14)20-12-16(18)17-8-10-19-11-9-17/h4-7,13H,3,8-12H2,1-2H3. The summed E-state index contributed by atoms with van der Waals surface area (Å²) in [6, 6.07) is 8.02.